The van der Waals surface area contributed by atoms with E-state index in [-0.39, 0.29) is 11.7 Å². The predicted octanol–water partition coefficient (Wildman–Crippen LogP) is 3.24. The first-order valence-electron chi connectivity index (χ1n) is 6.55. The average Bonchev–Trinajstić information content (AvgIpc) is 2.50. The fraction of sp³-hybridized carbons (Fsp3) is 0.176. The molecule has 3 nitrogen and oxygen atoms in total. The van der Waals surface area contributed by atoms with E-state index in [0.29, 0.717) is 28.8 Å². The molecule has 0 atom stereocenters. The predicted molar refractivity (Wildman–Crippen MR) is 78.2 cm³/mol. The van der Waals surface area contributed by atoms with Gasteiger partial charge < -0.3 is 5.32 Å². The molecule has 21 heavy (non-hydrogen) atoms. The second-order valence-corrected chi connectivity index (χ2v) is 4.92. The number of nitrogens with one attached hydrogen (secondary N) is 1. The number of benzene rings is 2. The van der Waals surface area contributed by atoms with Gasteiger partial charge >= 0.3 is 0 Å². The Kier molecular flexibility index (Phi) is 4.34. The summed E-state index contributed by atoms with van der Waals surface area (Å²) in [4.78, 5) is 12.0. The van der Waals surface area contributed by atoms with Crippen LogP contribution in [0.15, 0.2) is 36.4 Å². The molecule has 1 amide bonds. The molecule has 0 aliphatic heterocycles. The van der Waals surface area contributed by atoms with Crippen LogP contribution in [0.3, 0.4) is 0 Å². The number of carbonyl (C=O) groups is 1. The summed E-state index contributed by atoms with van der Waals surface area (Å²) in [5.74, 6) is -0.474. The van der Waals surface area contributed by atoms with Crippen LogP contribution >= 0.6 is 0 Å². The third-order valence-corrected chi connectivity index (χ3v) is 3.20. The van der Waals surface area contributed by atoms with Crippen molar-refractivity contribution in [1.82, 2.24) is 5.32 Å². The Labute approximate surface area is 123 Å². The maximum Gasteiger partial charge on any atom is 0.251 e. The number of aryl methyl sites for hydroxylation is 2. The Morgan fingerprint density at radius 3 is 2.52 bits per heavy atom. The molecule has 4 heteroatoms. The minimum atomic E-state index is -0.258. The lowest BCUT2D eigenvalue weighted by atomic mass is 10.1. The van der Waals surface area contributed by atoms with Crippen molar-refractivity contribution in [2.75, 3.05) is 0 Å². The third-order valence-electron chi connectivity index (χ3n) is 3.20. The highest BCUT2D eigenvalue weighted by molar-refractivity contribution is 5.94. The summed E-state index contributed by atoms with van der Waals surface area (Å²) >= 11 is 0. The minimum Gasteiger partial charge on any atom is -0.348 e. The van der Waals surface area contributed by atoms with E-state index >= 15 is 0 Å². The third kappa shape index (κ3) is 3.46. The molecule has 0 spiro atoms. The number of amides is 1. The number of carbonyl (C=O) groups excluding carboxylic acids is 1. The smallest absolute Gasteiger partial charge is 0.251 e. The molecule has 2 aromatic rings. The molecule has 0 unspecified atom stereocenters. The maximum atomic E-state index is 13.5. The summed E-state index contributed by atoms with van der Waals surface area (Å²) in [6, 6.07) is 11.9. The molecule has 2 rings (SSSR count). The summed E-state index contributed by atoms with van der Waals surface area (Å²) < 4.78 is 13.5. The second-order valence-electron chi connectivity index (χ2n) is 4.92. The van der Waals surface area contributed by atoms with Gasteiger partial charge in [0.25, 0.3) is 5.91 Å². The molecule has 1 N–H and O–H groups in total. The fourth-order valence-electron chi connectivity index (χ4n) is 2.15. The molecule has 2 aromatic carbocycles. The molecular weight excluding hydrogens is 267 g/mol. The largest absolute Gasteiger partial charge is 0.348 e. The Morgan fingerprint density at radius 2 is 1.90 bits per heavy atom. The molecule has 0 aliphatic rings. The van der Waals surface area contributed by atoms with Crippen LogP contribution < -0.4 is 5.32 Å². The van der Waals surface area contributed by atoms with Crippen LogP contribution in [0.4, 0.5) is 4.39 Å². The summed E-state index contributed by atoms with van der Waals surface area (Å²) in [6.07, 6.45) is 0. The van der Waals surface area contributed by atoms with Crippen LogP contribution in [0.2, 0.25) is 0 Å². The van der Waals surface area contributed by atoms with E-state index < -0.39 is 0 Å². The Morgan fingerprint density at radius 1 is 1.24 bits per heavy atom. The van der Waals surface area contributed by atoms with Crippen LogP contribution in [0, 0.1) is 31.0 Å². The van der Waals surface area contributed by atoms with Crippen molar-refractivity contribution in [1.29, 1.82) is 5.26 Å². The van der Waals surface area contributed by atoms with Crippen molar-refractivity contribution in [3.63, 3.8) is 0 Å². The van der Waals surface area contributed by atoms with E-state index in [4.69, 9.17) is 5.26 Å². The van der Waals surface area contributed by atoms with Gasteiger partial charge in [-0.2, -0.15) is 5.26 Å². The van der Waals surface area contributed by atoms with Crippen molar-refractivity contribution in [3.8, 4) is 6.07 Å². The number of nitrogens with zero attached hydrogens (tertiary/aromatic N) is 1. The van der Waals surface area contributed by atoms with E-state index in [1.807, 2.05) is 6.07 Å². The van der Waals surface area contributed by atoms with Crippen LogP contribution in [0.25, 0.3) is 0 Å². The highest BCUT2D eigenvalue weighted by Gasteiger charge is 2.08. The van der Waals surface area contributed by atoms with Gasteiger partial charge in [-0.1, -0.05) is 18.2 Å². The van der Waals surface area contributed by atoms with E-state index in [0.717, 1.165) is 5.56 Å². The van der Waals surface area contributed by atoms with E-state index in [1.165, 1.54) is 6.07 Å². The van der Waals surface area contributed by atoms with Crippen LogP contribution in [0.5, 0.6) is 0 Å². The van der Waals surface area contributed by atoms with Crippen LogP contribution in [-0.2, 0) is 6.54 Å². The average molecular weight is 282 g/mol. The van der Waals surface area contributed by atoms with E-state index in [2.05, 4.69) is 5.32 Å². The topological polar surface area (TPSA) is 52.9 Å². The molecule has 0 saturated heterocycles. The van der Waals surface area contributed by atoms with Crippen molar-refractivity contribution < 1.29 is 9.18 Å². The van der Waals surface area contributed by atoms with Gasteiger partial charge in [-0.05, 0) is 48.7 Å². The van der Waals surface area contributed by atoms with Crippen molar-refractivity contribution >= 4 is 5.91 Å². The van der Waals surface area contributed by atoms with Gasteiger partial charge in [0, 0.05) is 12.1 Å². The molecule has 0 aromatic heterocycles. The summed E-state index contributed by atoms with van der Waals surface area (Å²) in [5.41, 5.74) is 2.84. The highest BCUT2D eigenvalue weighted by Crippen LogP contribution is 2.14. The zero-order chi connectivity index (χ0) is 15.4. The molecule has 0 aliphatic carbocycles. The molecule has 106 valence electrons. The number of hydrogen-bond acceptors (Lipinski definition) is 2. The number of hydrogen-bond donors (Lipinski definition) is 1. The van der Waals surface area contributed by atoms with Gasteiger partial charge in [0.2, 0.25) is 0 Å². The number of nitriles is 1. The van der Waals surface area contributed by atoms with Gasteiger partial charge in [0.15, 0.2) is 0 Å². The second kappa shape index (κ2) is 6.19. The van der Waals surface area contributed by atoms with Crippen LogP contribution in [0.1, 0.15) is 32.6 Å². The van der Waals surface area contributed by atoms with E-state index in [9.17, 15) is 9.18 Å². The molecule has 0 bridgehead atoms. The highest BCUT2D eigenvalue weighted by atomic mass is 19.1. The minimum absolute atomic E-state index is 0.216. The Bertz CT molecular complexity index is 709. The first-order valence-corrected chi connectivity index (χ1v) is 6.55. The lowest BCUT2D eigenvalue weighted by Crippen LogP contribution is -2.23. The summed E-state index contributed by atoms with van der Waals surface area (Å²) in [7, 11) is 0. The standard InChI is InChI=1S/C17H15FN2O/c1-11-6-14(7-12(2)16(11)18)10-20-17(21)15-5-3-4-13(8-15)9-19/h3-8H,10H2,1-2H3,(H,20,21). The van der Waals surface area contributed by atoms with Gasteiger partial charge in [-0.15, -0.1) is 0 Å². The van der Waals surface area contributed by atoms with Crippen molar-refractivity contribution in [3.05, 3.63) is 70.0 Å². The van der Waals surface area contributed by atoms with E-state index in [1.54, 1.807) is 44.2 Å². The van der Waals surface area contributed by atoms with Gasteiger partial charge in [-0.3, -0.25) is 4.79 Å². The molecule has 0 heterocycles. The monoisotopic (exact) mass is 282 g/mol. The zero-order valence-electron chi connectivity index (χ0n) is 11.9. The normalized spacial score (nSPS) is 10.0. The lowest BCUT2D eigenvalue weighted by molar-refractivity contribution is 0.0951. The number of halogens is 1. The SMILES string of the molecule is Cc1cc(CNC(=O)c2cccc(C#N)c2)cc(C)c1F. The summed E-state index contributed by atoms with van der Waals surface area (Å²) in [6.45, 7) is 3.71. The quantitative estimate of drug-likeness (QED) is 0.939. The Hall–Kier alpha value is -2.67. The first kappa shape index (κ1) is 14.7. The molecule has 0 fully saturated rings. The first-order chi connectivity index (χ1) is 10.0. The molecule has 0 saturated carbocycles. The Balaban J connectivity index is 2.09. The van der Waals surface area contributed by atoms with Crippen LogP contribution in [-0.4, -0.2) is 5.91 Å². The molecular formula is C17H15FN2O. The van der Waals surface area contributed by atoms with Gasteiger partial charge in [0.1, 0.15) is 5.82 Å². The van der Waals surface area contributed by atoms with Gasteiger partial charge in [-0.25, -0.2) is 4.39 Å². The molecule has 0 radical (unpaired) electrons. The van der Waals surface area contributed by atoms with Crippen molar-refractivity contribution in [2.45, 2.75) is 20.4 Å². The fourth-order valence-corrected chi connectivity index (χ4v) is 2.15. The maximum absolute atomic E-state index is 13.5. The summed E-state index contributed by atoms with van der Waals surface area (Å²) in [5, 5.41) is 11.6. The number of rotatable bonds is 3. The zero-order valence-corrected chi connectivity index (χ0v) is 11.9. The lowest BCUT2D eigenvalue weighted by Gasteiger charge is -2.09. The van der Waals surface area contributed by atoms with Crippen molar-refractivity contribution in [2.24, 2.45) is 0 Å². The van der Waals surface area contributed by atoms with Gasteiger partial charge in [0.05, 0.1) is 11.6 Å².